The maximum atomic E-state index is 13.1. The van der Waals surface area contributed by atoms with E-state index in [4.69, 9.17) is 0 Å². The van der Waals surface area contributed by atoms with E-state index in [9.17, 15) is 13.2 Å². The number of carbonyl (C=O) groups is 1. The van der Waals surface area contributed by atoms with Gasteiger partial charge < -0.3 is 10.2 Å². The minimum atomic E-state index is -3.73. The molecule has 1 unspecified atom stereocenters. The van der Waals surface area contributed by atoms with Gasteiger partial charge in [0.1, 0.15) is 6.04 Å². The summed E-state index contributed by atoms with van der Waals surface area (Å²) >= 11 is 0. The monoisotopic (exact) mass is 393 g/mol. The predicted molar refractivity (Wildman–Crippen MR) is 106 cm³/mol. The summed E-state index contributed by atoms with van der Waals surface area (Å²) in [6, 6.07) is 5.95. The highest BCUT2D eigenvalue weighted by molar-refractivity contribution is 7.89. The molecule has 1 atom stereocenters. The van der Waals surface area contributed by atoms with Crippen molar-refractivity contribution in [3.05, 3.63) is 29.8 Å². The summed E-state index contributed by atoms with van der Waals surface area (Å²) in [5.41, 5.74) is 1.32. The highest BCUT2D eigenvalue weighted by atomic mass is 32.2. The number of rotatable bonds is 5. The molecular formula is C20H31N3O3S. The summed E-state index contributed by atoms with van der Waals surface area (Å²) in [5, 5.41) is 3.43. The summed E-state index contributed by atoms with van der Waals surface area (Å²) in [7, 11) is -3.73. The molecule has 2 fully saturated rings. The molecule has 1 aromatic carbocycles. The minimum Gasteiger partial charge on any atom is -0.341 e. The van der Waals surface area contributed by atoms with E-state index in [1.807, 2.05) is 25.7 Å². The molecule has 0 aromatic heterocycles. The average Bonchev–Trinajstić information content (AvgIpc) is 3.08. The molecule has 0 aliphatic carbocycles. The molecule has 2 aliphatic rings. The first-order valence-corrected chi connectivity index (χ1v) is 11.3. The second kappa shape index (κ2) is 7.89. The molecule has 27 heavy (non-hydrogen) atoms. The van der Waals surface area contributed by atoms with Gasteiger partial charge >= 0.3 is 0 Å². The van der Waals surface area contributed by atoms with Gasteiger partial charge in [-0.2, -0.15) is 4.72 Å². The van der Waals surface area contributed by atoms with Crippen molar-refractivity contribution in [1.82, 2.24) is 14.9 Å². The first-order chi connectivity index (χ1) is 12.7. The van der Waals surface area contributed by atoms with E-state index in [2.05, 4.69) is 10.0 Å². The van der Waals surface area contributed by atoms with E-state index in [0.717, 1.165) is 31.5 Å². The lowest BCUT2D eigenvalue weighted by Gasteiger charge is -2.40. The summed E-state index contributed by atoms with van der Waals surface area (Å²) in [4.78, 5) is 15.1. The largest absolute Gasteiger partial charge is 0.341 e. The van der Waals surface area contributed by atoms with Crippen molar-refractivity contribution >= 4 is 15.9 Å². The van der Waals surface area contributed by atoms with Gasteiger partial charge in [-0.1, -0.05) is 31.5 Å². The molecule has 1 amide bonds. The molecule has 2 aliphatic heterocycles. The number of benzene rings is 1. The van der Waals surface area contributed by atoms with Gasteiger partial charge in [0.2, 0.25) is 15.9 Å². The van der Waals surface area contributed by atoms with Gasteiger partial charge in [-0.3, -0.25) is 4.79 Å². The zero-order valence-electron chi connectivity index (χ0n) is 16.5. The van der Waals surface area contributed by atoms with Crippen LogP contribution >= 0.6 is 0 Å². The van der Waals surface area contributed by atoms with Gasteiger partial charge in [0, 0.05) is 19.6 Å². The zero-order valence-corrected chi connectivity index (χ0v) is 17.3. The molecule has 1 spiro atoms. The van der Waals surface area contributed by atoms with Gasteiger partial charge in [0.25, 0.3) is 0 Å². The number of sulfonamides is 1. The first-order valence-electron chi connectivity index (χ1n) is 9.81. The van der Waals surface area contributed by atoms with E-state index in [1.54, 1.807) is 24.3 Å². The molecule has 0 bridgehead atoms. The lowest BCUT2D eigenvalue weighted by molar-refractivity contribution is -0.136. The fourth-order valence-electron chi connectivity index (χ4n) is 4.04. The number of hydrogen-bond donors (Lipinski definition) is 2. The third kappa shape index (κ3) is 4.52. The number of nitrogens with one attached hydrogen (secondary N) is 2. The van der Waals surface area contributed by atoms with Crippen LogP contribution in [0.2, 0.25) is 0 Å². The first kappa shape index (κ1) is 20.3. The highest BCUT2D eigenvalue weighted by Gasteiger charge is 2.40. The van der Waals surface area contributed by atoms with Crippen LogP contribution in [0.25, 0.3) is 0 Å². The predicted octanol–water partition coefficient (Wildman–Crippen LogP) is 1.90. The van der Waals surface area contributed by atoms with Crippen molar-refractivity contribution in [3.63, 3.8) is 0 Å². The Balaban J connectivity index is 1.69. The molecular weight excluding hydrogens is 362 g/mol. The molecule has 7 heteroatoms. The van der Waals surface area contributed by atoms with E-state index in [-0.39, 0.29) is 16.7 Å². The fraction of sp³-hybridized carbons (Fsp3) is 0.650. The molecule has 2 saturated heterocycles. The summed E-state index contributed by atoms with van der Waals surface area (Å²) in [6.45, 7) is 9.17. The SMILES string of the molecule is Cc1ccc(S(=O)(=O)NC(C(=O)N2CCC3(CCNC3)CC2)C(C)C)cc1. The maximum Gasteiger partial charge on any atom is 0.241 e. The van der Waals surface area contributed by atoms with Gasteiger partial charge in [-0.05, 0) is 56.2 Å². The van der Waals surface area contributed by atoms with E-state index >= 15 is 0 Å². The average molecular weight is 394 g/mol. The number of aryl methyl sites for hydroxylation is 1. The van der Waals surface area contributed by atoms with E-state index in [0.29, 0.717) is 18.5 Å². The van der Waals surface area contributed by atoms with E-state index in [1.165, 1.54) is 6.42 Å². The Morgan fingerprint density at radius 1 is 1.15 bits per heavy atom. The normalized spacial score (nSPS) is 21.0. The number of hydrogen-bond acceptors (Lipinski definition) is 4. The molecule has 2 heterocycles. The van der Waals surface area contributed by atoms with Crippen molar-refractivity contribution in [2.75, 3.05) is 26.2 Å². The smallest absolute Gasteiger partial charge is 0.241 e. The molecule has 6 nitrogen and oxygen atoms in total. The van der Waals surface area contributed by atoms with Gasteiger partial charge in [0.05, 0.1) is 4.90 Å². The Labute approximate surface area is 162 Å². The van der Waals surface area contributed by atoms with Gasteiger partial charge in [-0.15, -0.1) is 0 Å². The summed E-state index contributed by atoms with van der Waals surface area (Å²) < 4.78 is 28.2. The van der Waals surface area contributed by atoms with Crippen LogP contribution in [0.5, 0.6) is 0 Å². The number of nitrogens with zero attached hydrogens (tertiary/aromatic N) is 1. The lowest BCUT2D eigenvalue weighted by atomic mass is 9.77. The number of likely N-dealkylation sites (tertiary alicyclic amines) is 1. The quantitative estimate of drug-likeness (QED) is 0.801. The Bertz CT molecular complexity index is 758. The van der Waals surface area contributed by atoms with Gasteiger partial charge in [0.15, 0.2) is 0 Å². The van der Waals surface area contributed by atoms with Crippen molar-refractivity contribution in [1.29, 1.82) is 0 Å². The zero-order chi connectivity index (χ0) is 19.7. The van der Waals surface area contributed by atoms with Crippen molar-refractivity contribution in [2.24, 2.45) is 11.3 Å². The van der Waals surface area contributed by atoms with Crippen LogP contribution in [0.15, 0.2) is 29.2 Å². The van der Waals surface area contributed by atoms with Crippen LogP contribution in [-0.4, -0.2) is 51.4 Å². The molecule has 2 N–H and O–H groups in total. The van der Waals surface area contributed by atoms with Crippen molar-refractivity contribution in [2.45, 2.75) is 51.0 Å². The maximum absolute atomic E-state index is 13.1. The van der Waals surface area contributed by atoms with Crippen LogP contribution in [-0.2, 0) is 14.8 Å². The Morgan fingerprint density at radius 2 is 1.78 bits per heavy atom. The van der Waals surface area contributed by atoms with Crippen LogP contribution < -0.4 is 10.0 Å². The Kier molecular flexibility index (Phi) is 5.93. The molecule has 3 rings (SSSR count). The fourth-order valence-corrected chi connectivity index (χ4v) is 5.38. The standard InChI is InChI=1S/C20H31N3O3S/c1-15(2)18(22-27(25,26)17-6-4-16(3)5-7-17)19(24)23-12-9-20(10-13-23)8-11-21-14-20/h4-7,15,18,21-22H,8-14H2,1-3H3. The van der Waals surface area contributed by atoms with Crippen molar-refractivity contribution < 1.29 is 13.2 Å². The van der Waals surface area contributed by atoms with Crippen LogP contribution in [0.3, 0.4) is 0 Å². The highest BCUT2D eigenvalue weighted by Crippen LogP contribution is 2.37. The third-order valence-electron chi connectivity index (χ3n) is 6.01. The van der Waals surface area contributed by atoms with Crippen LogP contribution in [0.4, 0.5) is 0 Å². The topological polar surface area (TPSA) is 78.5 Å². The van der Waals surface area contributed by atoms with E-state index < -0.39 is 16.1 Å². The number of amides is 1. The van der Waals surface area contributed by atoms with Crippen LogP contribution in [0, 0.1) is 18.3 Å². The van der Waals surface area contributed by atoms with Crippen LogP contribution in [0.1, 0.15) is 38.7 Å². The molecule has 150 valence electrons. The summed E-state index contributed by atoms with van der Waals surface area (Å²) in [6.07, 6.45) is 3.14. The molecule has 0 radical (unpaired) electrons. The second-order valence-electron chi connectivity index (χ2n) is 8.41. The number of carbonyl (C=O) groups excluding carboxylic acids is 1. The second-order valence-corrected chi connectivity index (χ2v) is 10.1. The molecule has 1 aromatic rings. The number of piperidine rings is 1. The van der Waals surface area contributed by atoms with Crippen molar-refractivity contribution in [3.8, 4) is 0 Å². The summed E-state index contributed by atoms with van der Waals surface area (Å²) in [5.74, 6) is -0.233. The third-order valence-corrected chi connectivity index (χ3v) is 7.47. The van der Waals surface area contributed by atoms with Gasteiger partial charge in [-0.25, -0.2) is 8.42 Å². The Hall–Kier alpha value is -1.44. The minimum absolute atomic E-state index is 0.110. The lowest BCUT2D eigenvalue weighted by Crippen LogP contribution is -2.54. The Morgan fingerprint density at radius 3 is 2.30 bits per heavy atom. The molecule has 0 saturated carbocycles.